The van der Waals surface area contributed by atoms with Crippen molar-refractivity contribution in [3.05, 3.63) is 42.6 Å². The summed E-state index contributed by atoms with van der Waals surface area (Å²) in [6.45, 7) is 0. The molecule has 0 atom stereocenters. The van der Waals surface area contributed by atoms with Crippen LogP contribution in [-0.4, -0.2) is 46.1 Å². The van der Waals surface area contributed by atoms with E-state index in [4.69, 9.17) is 24.0 Å². The third kappa shape index (κ3) is 3.94. The van der Waals surface area contributed by atoms with Crippen LogP contribution in [0.4, 0.5) is 0 Å². The molecule has 0 aliphatic rings. The third-order valence-electron chi connectivity index (χ3n) is 3.84. The van der Waals surface area contributed by atoms with E-state index in [0.717, 1.165) is 0 Å². The fourth-order valence-corrected chi connectivity index (χ4v) is 3.08. The molecule has 0 saturated heterocycles. The largest absolute Gasteiger partial charge is 0.524 e. The Kier molecular flexibility index (Phi) is 5.55. The van der Waals surface area contributed by atoms with Gasteiger partial charge < -0.3 is 18.7 Å². The van der Waals surface area contributed by atoms with Crippen molar-refractivity contribution in [3.63, 3.8) is 0 Å². The van der Waals surface area contributed by atoms with E-state index in [2.05, 4.69) is 14.8 Å². The van der Waals surface area contributed by atoms with Gasteiger partial charge in [-0.3, -0.25) is 9.79 Å². The van der Waals surface area contributed by atoms with Gasteiger partial charge in [0.05, 0.1) is 33.2 Å². The molecule has 0 aliphatic heterocycles. The van der Waals surface area contributed by atoms with Crippen LogP contribution in [0.1, 0.15) is 0 Å². The minimum atomic E-state index is -4.62. The van der Waals surface area contributed by atoms with Crippen LogP contribution in [0, 0.1) is 0 Å². The molecule has 0 unspecified atom stereocenters. The van der Waals surface area contributed by atoms with E-state index in [9.17, 15) is 4.57 Å². The zero-order valence-corrected chi connectivity index (χ0v) is 16.2. The maximum absolute atomic E-state index is 10.9. The Hall–Kier alpha value is -3.07. The quantitative estimate of drug-likeness (QED) is 0.568. The van der Waals surface area contributed by atoms with Crippen molar-refractivity contribution in [1.82, 2.24) is 15.0 Å². The predicted octanol–water partition coefficient (Wildman–Crippen LogP) is 2.43. The van der Waals surface area contributed by atoms with Crippen LogP contribution in [0.3, 0.4) is 0 Å². The summed E-state index contributed by atoms with van der Waals surface area (Å²) in [5.41, 5.74) is 1.89. The molecular weight excluding hydrogens is 389 g/mol. The summed E-state index contributed by atoms with van der Waals surface area (Å²) in [6, 6.07) is 9.62. The first kappa shape index (κ1) is 19.7. The van der Waals surface area contributed by atoms with E-state index in [1.54, 1.807) is 35.1 Å². The van der Waals surface area contributed by atoms with Crippen LogP contribution in [0.5, 0.6) is 23.0 Å². The van der Waals surface area contributed by atoms with Gasteiger partial charge in [0.2, 0.25) is 5.75 Å². The molecular formula is C17H18N3O7P. The molecule has 3 aromatic rings. The summed E-state index contributed by atoms with van der Waals surface area (Å²) in [4.78, 5) is 17.8. The lowest BCUT2D eigenvalue weighted by atomic mass is 10.1. The molecule has 0 radical (unpaired) electrons. The lowest BCUT2D eigenvalue weighted by Crippen LogP contribution is -2.04. The summed E-state index contributed by atoms with van der Waals surface area (Å²) < 4.78 is 33.3. The molecule has 11 heteroatoms. The van der Waals surface area contributed by atoms with Gasteiger partial charge in [0.25, 0.3) is 0 Å². The van der Waals surface area contributed by atoms with Crippen molar-refractivity contribution >= 4 is 7.82 Å². The van der Waals surface area contributed by atoms with Crippen LogP contribution in [-0.2, 0) is 4.57 Å². The minimum Gasteiger partial charge on any atom is -0.493 e. The van der Waals surface area contributed by atoms with Crippen LogP contribution in [0.25, 0.3) is 16.9 Å². The lowest BCUT2D eigenvalue weighted by molar-refractivity contribution is 0.283. The second-order valence-corrected chi connectivity index (χ2v) is 6.65. The van der Waals surface area contributed by atoms with Gasteiger partial charge in [0.15, 0.2) is 11.5 Å². The van der Waals surface area contributed by atoms with Gasteiger partial charge in [-0.05, 0) is 36.4 Å². The summed E-state index contributed by atoms with van der Waals surface area (Å²) in [7, 11) is -0.0814. The second-order valence-electron chi connectivity index (χ2n) is 5.49. The summed E-state index contributed by atoms with van der Waals surface area (Å²) in [5.74, 6) is 1.37. The molecule has 3 rings (SSSR count). The number of aromatic nitrogens is 3. The average molecular weight is 407 g/mol. The van der Waals surface area contributed by atoms with E-state index in [-0.39, 0.29) is 5.75 Å². The standard InChI is InChI=1S/C17H18N3O7P/c1-24-15-9-8-13(16(25-2)17(15)26-3)20-14(10-18-19-20)11-4-6-12(7-5-11)27-28(21,22)23/h4-10H,1-3H3,(H2,21,22,23). The molecule has 0 bridgehead atoms. The molecule has 0 aliphatic carbocycles. The number of hydrogen-bond acceptors (Lipinski definition) is 7. The lowest BCUT2D eigenvalue weighted by Gasteiger charge is -2.16. The summed E-state index contributed by atoms with van der Waals surface area (Å²) >= 11 is 0. The number of rotatable bonds is 7. The number of phosphoric acid groups is 1. The van der Waals surface area contributed by atoms with Crippen LogP contribution < -0.4 is 18.7 Å². The zero-order chi connectivity index (χ0) is 20.3. The fourth-order valence-electron chi connectivity index (χ4n) is 2.69. The Balaban J connectivity index is 2.04. The normalized spacial score (nSPS) is 11.2. The molecule has 2 N–H and O–H groups in total. The minimum absolute atomic E-state index is 0.0415. The van der Waals surface area contributed by atoms with E-state index in [0.29, 0.717) is 34.2 Å². The zero-order valence-electron chi connectivity index (χ0n) is 15.3. The molecule has 2 aromatic carbocycles. The molecule has 28 heavy (non-hydrogen) atoms. The molecule has 0 spiro atoms. The maximum Gasteiger partial charge on any atom is 0.524 e. The summed E-state index contributed by atoms with van der Waals surface area (Å²) in [6.07, 6.45) is 1.55. The van der Waals surface area contributed by atoms with Crippen LogP contribution >= 0.6 is 7.82 Å². The molecule has 0 saturated carbocycles. The molecule has 10 nitrogen and oxygen atoms in total. The Bertz CT molecular complexity index is 1010. The highest BCUT2D eigenvalue weighted by molar-refractivity contribution is 7.46. The van der Waals surface area contributed by atoms with Crippen LogP contribution in [0.2, 0.25) is 0 Å². The topological polar surface area (TPSA) is 125 Å². The predicted molar refractivity (Wildman–Crippen MR) is 99.1 cm³/mol. The monoisotopic (exact) mass is 407 g/mol. The number of phosphoric ester groups is 1. The molecule has 0 fully saturated rings. The van der Waals surface area contributed by atoms with Gasteiger partial charge in [0.1, 0.15) is 11.4 Å². The highest BCUT2D eigenvalue weighted by Crippen LogP contribution is 2.42. The van der Waals surface area contributed by atoms with Crippen molar-refractivity contribution in [2.75, 3.05) is 21.3 Å². The highest BCUT2D eigenvalue weighted by Gasteiger charge is 2.21. The molecule has 0 amide bonds. The van der Waals surface area contributed by atoms with Crippen molar-refractivity contribution in [2.24, 2.45) is 0 Å². The second kappa shape index (κ2) is 7.89. The third-order valence-corrected chi connectivity index (χ3v) is 4.28. The number of hydrogen-bond donors (Lipinski definition) is 2. The highest BCUT2D eigenvalue weighted by atomic mass is 31.2. The van der Waals surface area contributed by atoms with E-state index in [1.807, 2.05) is 0 Å². The van der Waals surface area contributed by atoms with Gasteiger partial charge in [0, 0.05) is 5.56 Å². The van der Waals surface area contributed by atoms with E-state index >= 15 is 0 Å². The van der Waals surface area contributed by atoms with Gasteiger partial charge >= 0.3 is 7.82 Å². The Morgan fingerprint density at radius 1 is 0.929 bits per heavy atom. The smallest absolute Gasteiger partial charge is 0.493 e. The number of methoxy groups -OCH3 is 3. The van der Waals surface area contributed by atoms with Crippen molar-refractivity contribution in [3.8, 4) is 39.9 Å². The van der Waals surface area contributed by atoms with Crippen molar-refractivity contribution in [1.29, 1.82) is 0 Å². The van der Waals surface area contributed by atoms with E-state index in [1.165, 1.54) is 33.5 Å². The fraction of sp³-hybridized carbons (Fsp3) is 0.176. The average Bonchev–Trinajstić information content (AvgIpc) is 3.15. The molecule has 1 aromatic heterocycles. The first-order valence-electron chi connectivity index (χ1n) is 7.93. The van der Waals surface area contributed by atoms with Crippen molar-refractivity contribution in [2.45, 2.75) is 0 Å². The van der Waals surface area contributed by atoms with Gasteiger partial charge in [-0.1, -0.05) is 5.21 Å². The Morgan fingerprint density at radius 3 is 2.18 bits per heavy atom. The van der Waals surface area contributed by atoms with Gasteiger partial charge in [-0.25, -0.2) is 9.25 Å². The Labute approximate surface area is 160 Å². The van der Waals surface area contributed by atoms with Gasteiger partial charge in [-0.15, -0.1) is 5.10 Å². The molecule has 1 heterocycles. The van der Waals surface area contributed by atoms with Crippen molar-refractivity contribution < 1.29 is 33.1 Å². The molecule has 148 valence electrons. The summed E-state index contributed by atoms with van der Waals surface area (Å²) in [5, 5.41) is 8.08. The van der Waals surface area contributed by atoms with Gasteiger partial charge in [-0.2, -0.15) is 0 Å². The first-order valence-corrected chi connectivity index (χ1v) is 9.46. The number of benzene rings is 2. The maximum atomic E-state index is 10.9. The van der Waals surface area contributed by atoms with E-state index < -0.39 is 7.82 Å². The number of ether oxygens (including phenoxy) is 3. The first-order chi connectivity index (χ1) is 13.4. The SMILES string of the molecule is COc1ccc(-n2nncc2-c2ccc(OP(=O)(O)O)cc2)c(OC)c1OC. The number of nitrogens with zero attached hydrogens (tertiary/aromatic N) is 3. The Morgan fingerprint density at radius 2 is 1.61 bits per heavy atom. The van der Waals surface area contributed by atoms with Crippen LogP contribution in [0.15, 0.2) is 42.6 Å².